The molecule has 8 rings (SSSR count). The minimum absolute atomic E-state index is 0.393. The molecule has 0 radical (unpaired) electrons. The second-order valence-corrected chi connectivity index (χ2v) is 11.3. The van der Waals surface area contributed by atoms with E-state index in [1.165, 1.54) is 0 Å². The van der Waals surface area contributed by atoms with Gasteiger partial charge < -0.3 is 0 Å². The number of hydrazone groups is 1. The highest BCUT2D eigenvalue weighted by atomic mass is 15.3. The molecule has 6 aromatic carbocycles. The predicted octanol–water partition coefficient (Wildman–Crippen LogP) is 9.56. The molecule has 0 bridgehead atoms. The van der Waals surface area contributed by atoms with Crippen molar-refractivity contribution in [2.24, 2.45) is 5.10 Å². The second kappa shape index (κ2) is 12.1. The summed E-state index contributed by atoms with van der Waals surface area (Å²) in [4.78, 5) is 14.7. The number of hydrogen-bond acceptors (Lipinski definition) is 6. The van der Waals surface area contributed by atoms with E-state index in [9.17, 15) is 0 Å². The summed E-state index contributed by atoms with van der Waals surface area (Å²) in [5.41, 5.74) is 11.7. The van der Waals surface area contributed by atoms with E-state index in [2.05, 4.69) is 53.0 Å². The molecule has 1 heterocycles. The second-order valence-electron chi connectivity index (χ2n) is 11.3. The zero-order valence-electron chi connectivity index (χ0n) is 25.3. The van der Waals surface area contributed by atoms with Crippen LogP contribution in [0, 0.1) is 5.41 Å². The number of rotatable bonds is 6. The van der Waals surface area contributed by atoms with Crippen LogP contribution in [0.4, 0.5) is 5.69 Å². The van der Waals surface area contributed by atoms with Crippen LogP contribution in [0.25, 0.3) is 62.1 Å². The Morgan fingerprint density at radius 2 is 1.06 bits per heavy atom. The Bertz CT molecular complexity index is 2270. The van der Waals surface area contributed by atoms with Crippen LogP contribution in [0.2, 0.25) is 0 Å². The van der Waals surface area contributed by atoms with Gasteiger partial charge in [-0.2, -0.15) is 5.10 Å². The predicted molar refractivity (Wildman–Crippen MR) is 192 cm³/mol. The average Bonchev–Trinajstić information content (AvgIpc) is 3.15. The maximum absolute atomic E-state index is 9.03. The number of para-hydroxylation sites is 1. The summed E-state index contributed by atoms with van der Waals surface area (Å²) in [6.07, 6.45) is 3.91. The lowest BCUT2D eigenvalue weighted by Gasteiger charge is -2.17. The number of anilines is 1. The SMILES string of the molecule is N=C1/C(=N\Nc2ccccc2)C=Cc2ccc3cc(-c4cccc(-c5nc(-c6ccccc6)nc(-c6ccccc6)n5)c4)ccc3c21. The van der Waals surface area contributed by atoms with Gasteiger partial charge in [-0.15, -0.1) is 0 Å². The van der Waals surface area contributed by atoms with Crippen LogP contribution in [0.1, 0.15) is 11.1 Å². The van der Waals surface area contributed by atoms with Gasteiger partial charge in [-0.25, -0.2) is 15.0 Å². The van der Waals surface area contributed by atoms with Crippen LogP contribution >= 0.6 is 0 Å². The molecule has 0 spiro atoms. The van der Waals surface area contributed by atoms with Crippen molar-refractivity contribution in [1.29, 1.82) is 5.41 Å². The lowest BCUT2D eigenvalue weighted by Crippen LogP contribution is -2.18. The largest absolute Gasteiger partial charge is 0.298 e. The number of nitrogens with zero attached hydrogens (tertiary/aromatic N) is 4. The first-order valence-electron chi connectivity index (χ1n) is 15.4. The van der Waals surface area contributed by atoms with Gasteiger partial charge >= 0.3 is 0 Å². The third-order valence-corrected chi connectivity index (χ3v) is 8.21. The molecule has 0 unspecified atom stereocenters. The summed E-state index contributed by atoms with van der Waals surface area (Å²) >= 11 is 0. The van der Waals surface area contributed by atoms with Gasteiger partial charge in [0.25, 0.3) is 0 Å². The molecule has 0 fully saturated rings. The highest BCUT2D eigenvalue weighted by molar-refractivity contribution is 6.55. The fourth-order valence-corrected chi connectivity index (χ4v) is 5.83. The molecule has 1 aliphatic carbocycles. The number of fused-ring (bicyclic) bond motifs is 3. The van der Waals surface area contributed by atoms with Crippen LogP contribution in [0.5, 0.6) is 0 Å². The Morgan fingerprint density at radius 3 is 1.74 bits per heavy atom. The Balaban J connectivity index is 1.16. The molecule has 47 heavy (non-hydrogen) atoms. The highest BCUT2D eigenvalue weighted by Gasteiger charge is 2.19. The van der Waals surface area contributed by atoms with Crippen molar-refractivity contribution in [3.63, 3.8) is 0 Å². The fraction of sp³-hybridized carbons (Fsp3) is 0. The Morgan fingerprint density at radius 1 is 0.489 bits per heavy atom. The lowest BCUT2D eigenvalue weighted by atomic mass is 9.88. The molecule has 2 N–H and O–H groups in total. The van der Waals surface area contributed by atoms with Gasteiger partial charge in [-0.3, -0.25) is 10.8 Å². The van der Waals surface area contributed by atoms with Crippen LogP contribution in [-0.4, -0.2) is 26.4 Å². The summed E-state index contributed by atoms with van der Waals surface area (Å²) in [6.45, 7) is 0. The van der Waals surface area contributed by atoms with E-state index >= 15 is 0 Å². The monoisotopic (exact) mass is 604 g/mol. The van der Waals surface area contributed by atoms with Crippen LogP contribution in [-0.2, 0) is 0 Å². The molecule has 222 valence electrons. The summed E-state index contributed by atoms with van der Waals surface area (Å²) in [7, 11) is 0. The van der Waals surface area contributed by atoms with Crippen molar-refractivity contribution in [2.75, 3.05) is 5.43 Å². The van der Waals surface area contributed by atoms with Gasteiger partial charge in [0.2, 0.25) is 0 Å². The van der Waals surface area contributed by atoms with Crippen LogP contribution < -0.4 is 5.43 Å². The molecule has 7 aromatic rings. The van der Waals surface area contributed by atoms with E-state index in [-0.39, 0.29) is 0 Å². The fourth-order valence-electron chi connectivity index (χ4n) is 5.83. The Hall–Kier alpha value is -6.53. The van der Waals surface area contributed by atoms with E-state index in [1.54, 1.807) is 0 Å². The van der Waals surface area contributed by atoms with E-state index in [1.807, 2.05) is 115 Å². The van der Waals surface area contributed by atoms with Crippen molar-refractivity contribution in [2.45, 2.75) is 0 Å². The van der Waals surface area contributed by atoms with E-state index < -0.39 is 0 Å². The Kier molecular flexibility index (Phi) is 7.21. The number of allylic oxidation sites excluding steroid dienone is 1. The van der Waals surface area contributed by atoms with Gasteiger partial charge in [0, 0.05) is 22.3 Å². The molecule has 0 atom stereocenters. The molecule has 0 saturated carbocycles. The number of benzene rings is 6. The van der Waals surface area contributed by atoms with Gasteiger partial charge in [0.1, 0.15) is 5.71 Å². The quantitative estimate of drug-likeness (QED) is 0.185. The first kappa shape index (κ1) is 28.0. The smallest absolute Gasteiger partial charge is 0.164 e. The van der Waals surface area contributed by atoms with Crippen molar-refractivity contribution in [3.05, 3.63) is 163 Å². The van der Waals surface area contributed by atoms with Gasteiger partial charge in [0.05, 0.1) is 11.4 Å². The summed E-state index contributed by atoms with van der Waals surface area (Å²) in [5.74, 6) is 1.88. The summed E-state index contributed by atoms with van der Waals surface area (Å²) in [6, 6.07) is 48.7. The first-order valence-corrected chi connectivity index (χ1v) is 15.4. The molecule has 6 nitrogen and oxygen atoms in total. The minimum atomic E-state index is 0.393. The van der Waals surface area contributed by atoms with Crippen molar-refractivity contribution in [1.82, 2.24) is 15.0 Å². The van der Waals surface area contributed by atoms with Crippen molar-refractivity contribution in [3.8, 4) is 45.3 Å². The third kappa shape index (κ3) is 5.60. The highest BCUT2D eigenvalue weighted by Crippen LogP contribution is 2.33. The first-order chi connectivity index (χ1) is 23.2. The number of hydrogen-bond donors (Lipinski definition) is 2. The number of nitrogens with one attached hydrogen (secondary N) is 2. The zero-order valence-corrected chi connectivity index (χ0v) is 25.3. The molecular formula is C41H28N6. The Labute approximate surface area is 272 Å². The summed E-state index contributed by atoms with van der Waals surface area (Å²) < 4.78 is 0. The van der Waals surface area contributed by atoms with E-state index in [0.29, 0.717) is 28.9 Å². The third-order valence-electron chi connectivity index (χ3n) is 8.21. The molecule has 0 aliphatic heterocycles. The standard InChI is InChI=1S/C41H28N6/c42-38-36(47-46-34-17-8-3-9-18-34)24-22-27-19-20-32-25-31(21-23-35(32)37(27)38)30-15-10-16-33(26-30)41-44-39(28-11-4-1-5-12-28)43-40(45-41)29-13-6-2-7-14-29/h1-26,42,46H/b42-38?,47-36-. The lowest BCUT2D eigenvalue weighted by molar-refractivity contribution is 1.07. The van der Waals surface area contributed by atoms with Gasteiger partial charge in [-0.1, -0.05) is 127 Å². The molecular weight excluding hydrogens is 576 g/mol. The minimum Gasteiger partial charge on any atom is -0.298 e. The molecule has 1 aliphatic rings. The maximum Gasteiger partial charge on any atom is 0.164 e. The van der Waals surface area contributed by atoms with Gasteiger partial charge in [-0.05, 0) is 57.8 Å². The van der Waals surface area contributed by atoms with Crippen LogP contribution in [0.15, 0.2) is 157 Å². The summed E-state index contributed by atoms with van der Waals surface area (Å²) in [5, 5.41) is 15.6. The average molecular weight is 605 g/mol. The molecule has 0 amide bonds. The van der Waals surface area contributed by atoms with Crippen molar-refractivity contribution < 1.29 is 0 Å². The molecule has 0 saturated heterocycles. The van der Waals surface area contributed by atoms with Crippen molar-refractivity contribution >= 4 is 34.0 Å². The normalized spacial score (nSPS) is 13.1. The van der Waals surface area contributed by atoms with E-state index in [0.717, 1.165) is 55.4 Å². The maximum atomic E-state index is 9.03. The van der Waals surface area contributed by atoms with Crippen LogP contribution in [0.3, 0.4) is 0 Å². The molecule has 1 aromatic heterocycles. The van der Waals surface area contributed by atoms with Gasteiger partial charge in [0.15, 0.2) is 17.5 Å². The number of aromatic nitrogens is 3. The topological polar surface area (TPSA) is 86.9 Å². The molecule has 6 heteroatoms. The van der Waals surface area contributed by atoms with E-state index in [4.69, 9.17) is 20.4 Å². The zero-order chi connectivity index (χ0) is 31.6.